The van der Waals surface area contributed by atoms with Crippen molar-refractivity contribution in [1.82, 2.24) is 5.32 Å². The number of carbonyl (C=O) groups is 2. The minimum absolute atomic E-state index is 0.00484. The monoisotopic (exact) mass is 305 g/mol. The second kappa shape index (κ2) is 7.36. The van der Waals surface area contributed by atoms with Crippen LogP contribution in [0.5, 0.6) is 5.75 Å². The third kappa shape index (κ3) is 5.37. The first-order valence-electron chi connectivity index (χ1n) is 6.60. The Hall–Kier alpha value is -2.68. The summed E-state index contributed by atoms with van der Waals surface area (Å²) >= 11 is 0. The molecule has 0 aliphatic heterocycles. The van der Waals surface area contributed by atoms with Crippen LogP contribution in [0.15, 0.2) is 18.2 Å². The molecule has 6 heteroatoms. The van der Waals surface area contributed by atoms with E-state index in [1.165, 1.54) is 7.11 Å². The highest BCUT2D eigenvalue weighted by atomic mass is 16.6. The number of benzene rings is 1. The van der Waals surface area contributed by atoms with Crippen molar-refractivity contribution >= 4 is 12.1 Å². The average molecular weight is 305 g/mol. The summed E-state index contributed by atoms with van der Waals surface area (Å²) in [6.45, 7) is 5.32. The van der Waals surface area contributed by atoms with Crippen molar-refractivity contribution < 1.29 is 24.2 Å². The third-order valence-corrected chi connectivity index (χ3v) is 2.40. The van der Waals surface area contributed by atoms with Crippen LogP contribution in [-0.4, -0.2) is 36.4 Å². The summed E-state index contributed by atoms with van der Waals surface area (Å²) in [6.07, 6.45) is -0.578. The number of nitrogens with one attached hydrogen (secondary N) is 1. The van der Waals surface area contributed by atoms with Gasteiger partial charge in [-0.05, 0) is 32.9 Å². The zero-order chi connectivity index (χ0) is 16.8. The van der Waals surface area contributed by atoms with Gasteiger partial charge in [-0.15, -0.1) is 0 Å². The fourth-order valence-electron chi connectivity index (χ4n) is 1.60. The van der Waals surface area contributed by atoms with Gasteiger partial charge in [-0.25, -0.2) is 9.59 Å². The van der Waals surface area contributed by atoms with Crippen molar-refractivity contribution in [3.05, 3.63) is 29.3 Å². The van der Waals surface area contributed by atoms with Crippen LogP contribution in [0.4, 0.5) is 4.79 Å². The Bertz CT molecular complexity index is 620. The van der Waals surface area contributed by atoms with Crippen molar-refractivity contribution in [2.24, 2.45) is 0 Å². The van der Waals surface area contributed by atoms with Crippen LogP contribution in [-0.2, 0) is 4.74 Å². The molecule has 6 nitrogen and oxygen atoms in total. The number of carbonyl (C=O) groups excluding carboxylic acids is 1. The lowest BCUT2D eigenvalue weighted by atomic mass is 10.1. The number of carboxylic acid groups (broad SMARTS) is 1. The van der Waals surface area contributed by atoms with Gasteiger partial charge in [0, 0.05) is 5.56 Å². The molecule has 0 heterocycles. The average Bonchev–Trinajstić information content (AvgIpc) is 2.41. The highest BCUT2D eigenvalue weighted by Gasteiger charge is 2.16. The summed E-state index contributed by atoms with van der Waals surface area (Å²) in [5.41, 5.74) is -0.270. The minimum Gasteiger partial charge on any atom is -0.496 e. The molecule has 118 valence electrons. The summed E-state index contributed by atoms with van der Waals surface area (Å²) in [7, 11) is 1.39. The Kier molecular flexibility index (Phi) is 5.81. The number of amides is 1. The van der Waals surface area contributed by atoms with E-state index in [-0.39, 0.29) is 17.9 Å². The number of rotatable bonds is 3. The van der Waals surface area contributed by atoms with Gasteiger partial charge in [0.15, 0.2) is 0 Å². The highest BCUT2D eigenvalue weighted by Crippen LogP contribution is 2.21. The van der Waals surface area contributed by atoms with Crippen LogP contribution in [0.25, 0.3) is 0 Å². The largest absolute Gasteiger partial charge is 0.496 e. The number of hydrogen-bond donors (Lipinski definition) is 2. The second-order valence-electron chi connectivity index (χ2n) is 5.35. The molecule has 0 spiro atoms. The lowest BCUT2D eigenvalue weighted by Crippen LogP contribution is -2.32. The molecule has 0 atom stereocenters. The fraction of sp³-hybridized carbons (Fsp3) is 0.375. The van der Waals surface area contributed by atoms with Crippen molar-refractivity contribution in [2.75, 3.05) is 13.7 Å². The van der Waals surface area contributed by atoms with Gasteiger partial charge in [-0.2, -0.15) is 0 Å². The van der Waals surface area contributed by atoms with Gasteiger partial charge in [-0.3, -0.25) is 0 Å². The number of aromatic carboxylic acids is 1. The van der Waals surface area contributed by atoms with E-state index >= 15 is 0 Å². The maximum Gasteiger partial charge on any atom is 0.408 e. The molecular weight excluding hydrogens is 286 g/mol. The van der Waals surface area contributed by atoms with Gasteiger partial charge in [0.25, 0.3) is 0 Å². The zero-order valence-corrected chi connectivity index (χ0v) is 13.0. The Morgan fingerprint density at radius 1 is 1.32 bits per heavy atom. The SMILES string of the molecule is COc1cccc(C#CCNC(=O)OC(C)(C)C)c1C(=O)O. The molecule has 1 aromatic carbocycles. The quantitative estimate of drug-likeness (QED) is 0.837. The Morgan fingerprint density at radius 3 is 2.55 bits per heavy atom. The molecule has 0 aliphatic carbocycles. The van der Waals surface area contributed by atoms with Gasteiger partial charge in [0.05, 0.1) is 13.7 Å². The van der Waals surface area contributed by atoms with E-state index in [0.29, 0.717) is 5.56 Å². The van der Waals surface area contributed by atoms with Crippen LogP contribution < -0.4 is 10.1 Å². The lowest BCUT2D eigenvalue weighted by molar-refractivity contribution is 0.0534. The lowest BCUT2D eigenvalue weighted by Gasteiger charge is -2.19. The normalized spacial score (nSPS) is 10.2. The molecule has 1 rings (SSSR count). The van der Waals surface area contributed by atoms with E-state index in [9.17, 15) is 14.7 Å². The third-order valence-electron chi connectivity index (χ3n) is 2.40. The maximum atomic E-state index is 11.4. The molecule has 0 bridgehead atoms. The van der Waals surface area contributed by atoms with Crippen LogP contribution in [0.3, 0.4) is 0 Å². The molecule has 0 saturated carbocycles. The molecule has 0 aromatic heterocycles. The number of methoxy groups -OCH3 is 1. The minimum atomic E-state index is -1.12. The number of carboxylic acids is 1. The molecule has 2 N–H and O–H groups in total. The van der Waals surface area contributed by atoms with E-state index in [0.717, 1.165) is 0 Å². The van der Waals surface area contributed by atoms with Crippen molar-refractivity contribution in [3.63, 3.8) is 0 Å². The van der Waals surface area contributed by atoms with Crippen molar-refractivity contribution in [1.29, 1.82) is 0 Å². The number of alkyl carbamates (subject to hydrolysis) is 1. The van der Waals surface area contributed by atoms with Crippen molar-refractivity contribution in [2.45, 2.75) is 26.4 Å². The summed E-state index contributed by atoms with van der Waals surface area (Å²) in [4.78, 5) is 22.7. The zero-order valence-electron chi connectivity index (χ0n) is 13.0. The van der Waals surface area contributed by atoms with Crippen LogP contribution in [0.1, 0.15) is 36.7 Å². The van der Waals surface area contributed by atoms with Gasteiger partial charge < -0.3 is 19.9 Å². The second-order valence-corrected chi connectivity index (χ2v) is 5.35. The fourth-order valence-corrected chi connectivity index (χ4v) is 1.60. The Labute approximate surface area is 129 Å². The van der Waals surface area contributed by atoms with Gasteiger partial charge >= 0.3 is 12.1 Å². The van der Waals surface area contributed by atoms with Gasteiger partial charge in [-0.1, -0.05) is 17.9 Å². The standard InChI is InChI=1S/C16H19NO5/c1-16(2,3)22-15(20)17-10-6-8-11-7-5-9-12(21-4)13(11)14(18)19/h5,7,9H,10H2,1-4H3,(H,17,20)(H,18,19). The first-order valence-corrected chi connectivity index (χ1v) is 6.60. The predicted octanol–water partition coefficient (Wildman–Crippen LogP) is 2.27. The maximum absolute atomic E-state index is 11.4. The molecule has 22 heavy (non-hydrogen) atoms. The van der Waals surface area contributed by atoms with Gasteiger partial charge in [0.2, 0.25) is 0 Å². The van der Waals surface area contributed by atoms with E-state index < -0.39 is 17.7 Å². The first kappa shape index (κ1) is 17.4. The summed E-state index contributed by atoms with van der Waals surface area (Å²) < 4.78 is 10.1. The Balaban J connectivity index is 2.77. The van der Waals surface area contributed by atoms with Crippen LogP contribution >= 0.6 is 0 Å². The van der Waals surface area contributed by atoms with E-state index in [1.54, 1.807) is 39.0 Å². The summed E-state index contributed by atoms with van der Waals surface area (Å²) in [6, 6.07) is 4.77. The first-order chi connectivity index (χ1) is 10.2. The molecular formula is C16H19NO5. The summed E-state index contributed by atoms with van der Waals surface area (Å²) in [5.74, 6) is 4.50. The van der Waals surface area contributed by atoms with Crippen LogP contribution in [0, 0.1) is 11.8 Å². The molecule has 0 unspecified atom stereocenters. The number of ether oxygens (including phenoxy) is 2. The topological polar surface area (TPSA) is 84.9 Å². The van der Waals surface area contributed by atoms with Crippen molar-refractivity contribution in [3.8, 4) is 17.6 Å². The van der Waals surface area contributed by atoms with Gasteiger partial charge in [0.1, 0.15) is 16.9 Å². The molecule has 0 saturated heterocycles. The predicted molar refractivity (Wildman–Crippen MR) is 81.1 cm³/mol. The summed E-state index contributed by atoms with van der Waals surface area (Å²) in [5, 5.41) is 11.7. The van der Waals surface area contributed by atoms with E-state index in [1.807, 2.05) is 0 Å². The highest BCUT2D eigenvalue weighted by molar-refractivity contribution is 5.94. The van der Waals surface area contributed by atoms with E-state index in [4.69, 9.17) is 9.47 Å². The molecule has 1 amide bonds. The number of hydrogen-bond acceptors (Lipinski definition) is 4. The smallest absolute Gasteiger partial charge is 0.408 e. The van der Waals surface area contributed by atoms with Crippen LogP contribution in [0.2, 0.25) is 0 Å². The van der Waals surface area contributed by atoms with E-state index in [2.05, 4.69) is 17.2 Å². The molecule has 0 fully saturated rings. The molecule has 0 radical (unpaired) electrons. The molecule has 1 aromatic rings. The Morgan fingerprint density at radius 2 is 2.00 bits per heavy atom. The molecule has 0 aliphatic rings.